The van der Waals surface area contributed by atoms with Gasteiger partial charge in [-0.1, -0.05) is 0 Å². The monoisotopic (exact) mass is 391 g/mol. The predicted octanol–water partition coefficient (Wildman–Crippen LogP) is 0.0729. The molecule has 3 atom stereocenters. The zero-order valence-corrected chi connectivity index (χ0v) is 17.4. The van der Waals surface area contributed by atoms with Crippen molar-refractivity contribution in [1.82, 2.24) is 24.9 Å². The largest absolute Gasteiger partial charge is 0.355 e. The van der Waals surface area contributed by atoms with Crippen LogP contribution in [0.2, 0.25) is 0 Å². The molecular formula is C21H37N5O2. The van der Waals surface area contributed by atoms with Crippen molar-refractivity contribution >= 4 is 11.8 Å². The molecule has 0 aromatic heterocycles. The summed E-state index contributed by atoms with van der Waals surface area (Å²) < 4.78 is 0. The predicted molar refractivity (Wildman–Crippen MR) is 109 cm³/mol. The van der Waals surface area contributed by atoms with Gasteiger partial charge in [-0.15, -0.1) is 0 Å². The zero-order chi connectivity index (χ0) is 19.5. The highest BCUT2D eigenvalue weighted by Crippen LogP contribution is 2.37. The molecule has 4 fully saturated rings. The number of likely N-dealkylation sites (N-methyl/N-ethyl adjacent to an activating group) is 1. The summed E-state index contributed by atoms with van der Waals surface area (Å²) in [5.41, 5.74) is 0. The molecule has 0 spiro atoms. The third kappa shape index (κ3) is 4.86. The highest BCUT2D eigenvalue weighted by atomic mass is 16.2. The molecule has 2 bridgehead atoms. The van der Waals surface area contributed by atoms with Gasteiger partial charge in [-0.25, -0.2) is 0 Å². The number of rotatable bonds is 6. The van der Waals surface area contributed by atoms with Crippen molar-refractivity contribution in [1.29, 1.82) is 0 Å². The van der Waals surface area contributed by atoms with Gasteiger partial charge in [0.05, 0.1) is 6.54 Å². The molecule has 0 aromatic rings. The maximum atomic E-state index is 12.4. The smallest absolute Gasteiger partial charge is 0.234 e. The van der Waals surface area contributed by atoms with Crippen LogP contribution in [-0.4, -0.2) is 110 Å². The lowest BCUT2D eigenvalue weighted by Crippen LogP contribution is -2.61. The Morgan fingerprint density at radius 1 is 1.11 bits per heavy atom. The van der Waals surface area contributed by atoms with Crippen LogP contribution in [0.25, 0.3) is 0 Å². The van der Waals surface area contributed by atoms with Gasteiger partial charge in [0.1, 0.15) is 0 Å². The summed E-state index contributed by atoms with van der Waals surface area (Å²) in [5.74, 6) is 1.62. The van der Waals surface area contributed by atoms with Gasteiger partial charge in [-0.05, 0) is 51.1 Å². The summed E-state index contributed by atoms with van der Waals surface area (Å²) in [6.45, 7) is 9.78. The number of carbonyl (C=O) groups is 2. The van der Waals surface area contributed by atoms with Crippen molar-refractivity contribution in [3.63, 3.8) is 0 Å². The van der Waals surface area contributed by atoms with Gasteiger partial charge in [0, 0.05) is 64.8 Å². The number of carbonyl (C=O) groups excluding carboxylic acids is 2. The van der Waals surface area contributed by atoms with Gasteiger partial charge >= 0.3 is 0 Å². The van der Waals surface area contributed by atoms with E-state index in [0.29, 0.717) is 30.3 Å². The Kier molecular flexibility index (Phi) is 6.53. The number of amides is 2. The fraction of sp³-hybridized carbons (Fsp3) is 0.905. The minimum Gasteiger partial charge on any atom is -0.355 e. The van der Waals surface area contributed by atoms with Crippen molar-refractivity contribution < 1.29 is 9.59 Å². The second-order valence-corrected chi connectivity index (χ2v) is 9.41. The van der Waals surface area contributed by atoms with E-state index in [1.54, 1.807) is 0 Å². The summed E-state index contributed by atoms with van der Waals surface area (Å²) in [7, 11) is 2.18. The van der Waals surface area contributed by atoms with Crippen LogP contribution < -0.4 is 5.32 Å². The van der Waals surface area contributed by atoms with E-state index in [2.05, 4.69) is 32.0 Å². The highest BCUT2D eigenvalue weighted by Gasteiger charge is 2.43. The van der Waals surface area contributed by atoms with Crippen LogP contribution in [0.4, 0.5) is 0 Å². The molecule has 2 unspecified atom stereocenters. The first-order valence-electron chi connectivity index (χ1n) is 11.3. The van der Waals surface area contributed by atoms with Gasteiger partial charge in [0.25, 0.3) is 0 Å². The summed E-state index contributed by atoms with van der Waals surface area (Å²) in [4.78, 5) is 34.0. The molecule has 4 rings (SSSR count). The summed E-state index contributed by atoms with van der Waals surface area (Å²) in [6.07, 6.45) is 5.18. The number of piperidine rings is 3. The molecule has 4 saturated heterocycles. The van der Waals surface area contributed by atoms with E-state index in [9.17, 15) is 9.59 Å². The van der Waals surface area contributed by atoms with Crippen molar-refractivity contribution in [3.05, 3.63) is 0 Å². The molecule has 1 N–H and O–H groups in total. The fourth-order valence-corrected chi connectivity index (χ4v) is 5.70. The molecule has 0 radical (unpaired) electrons. The van der Waals surface area contributed by atoms with Crippen LogP contribution in [-0.2, 0) is 9.59 Å². The molecule has 7 nitrogen and oxygen atoms in total. The number of hydrogen-bond acceptors (Lipinski definition) is 5. The number of nitrogens with one attached hydrogen (secondary N) is 1. The Morgan fingerprint density at radius 2 is 1.93 bits per heavy atom. The number of likely N-dealkylation sites (tertiary alicyclic amines) is 1. The molecule has 0 aromatic carbocycles. The maximum absolute atomic E-state index is 12.4. The van der Waals surface area contributed by atoms with Gasteiger partial charge in [0.15, 0.2) is 0 Å². The van der Waals surface area contributed by atoms with E-state index in [1.807, 2.05) is 0 Å². The van der Waals surface area contributed by atoms with Crippen molar-refractivity contribution in [2.24, 2.45) is 11.8 Å². The van der Waals surface area contributed by atoms with Gasteiger partial charge in [-0.3, -0.25) is 14.5 Å². The summed E-state index contributed by atoms with van der Waals surface area (Å²) >= 11 is 0. The van der Waals surface area contributed by atoms with E-state index in [4.69, 9.17) is 0 Å². The number of fused-ring (bicyclic) bond motifs is 4. The van der Waals surface area contributed by atoms with Gasteiger partial charge in [-0.2, -0.15) is 0 Å². The van der Waals surface area contributed by atoms with Crippen LogP contribution in [0.5, 0.6) is 0 Å². The quantitative estimate of drug-likeness (QED) is 0.650. The maximum Gasteiger partial charge on any atom is 0.234 e. The van der Waals surface area contributed by atoms with Crippen LogP contribution in [0, 0.1) is 11.8 Å². The standard InChI is InChI=1S/C21H37N5O2/c1-23-8-10-24(11-9-23)7-3-6-22-20(27)16-25-13-17-12-18(15-25)19-4-2-5-21(28)26(19)14-17/h17-19H,2-16H2,1H3,(H,22,27)/t17?,18?,19-/m1/s1. The SMILES string of the molecule is CN1CCN(CCCNC(=O)CN2CC3CC(C2)[C@H]2CCCC(=O)N2C3)CC1. The normalized spacial score (nSPS) is 32.2. The molecule has 0 saturated carbocycles. The third-order valence-electron chi connectivity index (χ3n) is 7.19. The highest BCUT2D eigenvalue weighted by molar-refractivity contribution is 5.78. The molecule has 2 amide bonds. The number of hydrogen-bond donors (Lipinski definition) is 1. The zero-order valence-electron chi connectivity index (χ0n) is 17.4. The van der Waals surface area contributed by atoms with E-state index < -0.39 is 0 Å². The Bertz CT molecular complexity index is 563. The lowest BCUT2D eigenvalue weighted by molar-refractivity contribution is -0.145. The van der Waals surface area contributed by atoms with Crippen molar-refractivity contribution in [2.45, 2.75) is 38.1 Å². The van der Waals surface area contributed by atoms with E-state index in [-0.39, 0.29) is 5.91 Å². The molecule has 4 heterocycles. The van der Waals surface area contributed by atoms with Crippen LogP contribution in [0.3, 0.4) is 0 Å². The van der Waals surface area contributed by atoms with E-state index >= 15 is 0 Å². The lowest BCUT2D eigenvalue weighted by atomic mass is 9.76. The molecule has 4 aliphatic rings. The first-order chi connectivity index (χ1) is 13.6. The first kappa shape index (κ1) is 20.1. The lowest BCUT2D eigenvalue weighted by Gasteiger charge is -2.52. The van der Waals surface area contributed by atoms with Crippen LogP contribution >= 0.6 is 0 Å². The second-order valence-electron chi connectivity index (χ2n) is 9.41. The summed E-state index contributed by atoms with van der Waals surface area (Å²) in [5, 5.41) is 3.13. The molecule has 4 aliphatic heterocycles. The Labute approximate surface area is 169 Å². The average Bonchev–Trinajstić information content (AvgIpc) is 2.67. The Balaban J connectivity index is 1.16. The van der Waals surface area contributed by atoms with Gasteiger partial charge < -0.3 is 20.0 Å². The second kappa shape index (κ2) is 9.09. The van der Waals surface area contributed by atoms with Crippen molar-refractivity contribution in [3.8, 4) is 0 Å². The summed E-state index contributed by atoms with van der Waals surface area (Å²) in [6, 6.07) is 0.423. The minimum atomic E-state index is 0.162. The van der Waals surface area contributed by atoms with E-state index in [1.165, 1.54) is 6.42 Å². The average molecular weight is 392 g/mol. The van der Waals surface area contributed by atoms with Gasteiger partial charge in [0.2, 0.25) is 11.8 Å². The van der Waals surface area contributed by atoms with E-state index in [0.717, 1.165) is 84.6 Å². The Hall–Kier alpha value is -1.18. The van der Waals surface area contributed by atoms with Crippen LogP contribution in [0.1, 0.15) is 32.1 Å². The molecule has 7 heteroatoms. The topological polar surface area (TPSA) is 59.1 Å². The first-order valence-corrected chi connectivity index (χ1v) is 11.3. The number of piperazine rings is 1. The minimum absolute atomic E-state index is 0.162. The van der Waals surface area contributed by atoms with Crippen LogP contribution in [0.15, 0.2) is 0 Å². The third-order valence-corrected chi connectivity index (χ3v) is 7.19. The van der Waals surface area contributed by atoms with Crippen molar-refractivity contribution in [2.75, 3.05) is 72.5 Å². The molecular weight excluding hydrogens is 354 g/mol. The molecule has 0 aliphatic carbocycles. The Morgan fingerprint density at radius 3 is 2.75 bits per heavy atom. The number of nitrogens with zero attached hydrogens (tertiary/aromatic N) is 4. The molecule has 158 valence electrons. The molecule has 28 heavy (non-hydrogen) atoms. The fourth-order valence-electron chi connectivity index (χ4n) is 5.70.